The topological polar surface area (TPSA) is 103 Å². The Morgan fingerprint density at radius 3 is 2.70 bits per heavy atom. The number of hydrogen-bond donors (Lipinski definition) is 1. The molecule has 0 aromatic carbocycles. The maximum atomic E-state index is 9.39. The number of nitrogens with zero attached hydrogens (tertiary/aromatic N) is 5. The molecule has 0 aliphatic rings. The third-order valence-corrected chi connectivity index (χ3v) is 3.50. The van der Waals surface area contributed by atoms with Gasteiger partial charge in [0.15, 0.2) is 0 Å². The number of rotatable bonds is 3. The fraction of sp³-hybridized carbons (Fsp3) is 0.125. The van der Waals surface area contributed by atoms with Gasteiger partial charge in [0.2, 0.25) is 5.88 Å². The van der Waals surface area contributed by atoms with Crippen LogP contribution < -0.4 is 10.5 Å². The molecule has 0 saturated heterocycles. The highest BCUT2D eigenvalue weighted by molar-refractivity contribution is 5.78. The van der Waals surface area contributed by atoms with E-state index < -0.39 is 0 Å². The van der Waals surface area contributed by atoms with E-state index in [4.69, 9.17) is 10.5 Å². The summed E-state index contributed by atoms with van der Waals surface area (Å²) in [4.78, 5) is 8.48. The van der Waals surface area contributed by atoms with Crippen LogP contribution in [-0.2, 0) is 7.05 Å². The van der Waals surface area contributed by atoms with Crippen molar-refractivity contribution in [1.29, 1.82) is 5.26 Å². The quantitative estimate of drug-likeness (QED) is 0.794. The van der Waals surface area contributed by atoms with Gasteiger partial charge >= 0.3 is 0 Å². The second-order valence-corrected chi connectivity index (χ2v) is 4.86. The maximum Gasteiger partial charge on any atom is 0.212 e. The van der Waals surface area contributed by atoms with E-state index in [1.54, 1.807) is 30.3 Å². The Labute approximate surface area is 133 Å². The Bertz CT molecular complexity index is 892. The van der Waals surface area contributed by atoms with Crippen LogP contribution >= 0.6 is 0 Å². The number of methoxy groups -OCH3 is 1. The standard InChI is InChI=1S/C16H14N6O/c1-22-14(5-6-20-22)11-7-13(21-16(18)12(11)8-17)10-3-4-15(23-2)19-9-10/h3-7,9H,1-2H3,(H2,18,21). The number of aromatic nitrogens is 4. The van der Waals surface area contributed by atoms with Crippen LogP contribution in [0.1, 0.15) is 5.56 Å². The smallest absolute Gasteiger partial charge is 0.212 e. The average molecular weight is 306 g/mol. The van der Waals surface area contributed by atoms with Gasteiger partial charge in [-0.1, -0.05) is 0 Å². The average Bonchev–Trinajstić information content (AvgIpc) is 3.00. The molecule has 0 atom stereocenters. The zero-order valence-electron chi connectivity index (χ0n) is 12.7. The van der Waals surface area contributed by atoms with Crippen LogP contribution in [0.2, 0.25) is 0 Å². The van der Waals surface area contributed by atoms with Crippen molar-refractivity contribution >= 4 is 5.82 Å². The molecule has 0 fully saturated rings. The highest BCUT2D eigenvalue weighted by Crippen LogP contribution is 2.30. The molecule has 0 amide bonds. The zero-order chi connectivity index (χ0) is 16.4. The summed E-state index contributed by atoms with van der Waals surface area (Å²) in [5, 5.41) is 13.5. The molecule has 7 heteroatoms. The number of hydrogen-bond acceptors (Lipinski definition) is 6. The fourth-order valence-corrected chi connectivity index (χ4v) is 2.32. The van der Waals surface area contributed by atoms with Crippen LogP contribution in [0.5, 0.6) is 5.88 Å². The summed E-state index contributed by atoms with van der Waals surface area (Å²) in [6.45, 7) is 0. The Morgan fingerprint density at radius 2 is 2.13 bits per heavy atom. The largest absolute Gasteiger partial charge is 0.481 e. The molecule has 0 saturated carbocycles. The monoisotopic (exact) mass is 306 g/mol. The van der Waals surface area contributed by atoms with Gasteiger partial charge in [0.1, 0.15) is 17.5 Å². The lowest BCUT2D eigenvalue weighted by atomic mass is 10.0. The molecule has 3 aromatic heterocycles. The van der Waals surface area contributed by atoms with Crippen molar-refractivity contribution in [2.24, 2.45) is 7.05 Å². The Morgan fingerprint density at radius 1 is 1.30 bits per heavy atom. The minimum absolute atomic E-state index is 0.178. The zero-order valence-corrected chi connectivity index (χ0v) is 12.7. The van der Waals surface area contributed by atoms with Crippen molar-refractivity contribution in [2.45, 2.75) is 0 Å². The van der Waals surface area contributed by atoms with E-state index in [2.05, 4.69) is 21.1 Å². The molecule has 3 heterocycles. The van der Waals surface area contributed by atoms with Crippen molar-refractivity contribution < 1.29 is 4.74 Å². The van der Waals surface area contributed by atoms with E-state index in [0.717, 1.165) is 11.3 Å². The Balaban J connectivity index is 2.18. The molecule has 3 aromatic rings. The third kappa shape index (κ3) is 2.58. The lowest BCUT2D eigenvalue weighted by molar-refractivity contribution is 0.398. The van der Waals surface area contributed by atoms with Gasteiger partial charge in [0.25, 0.3) is 0 Å². The molecule has 114 valence electrons. The van der Waals surface area contributed by atoms with E-state index >= 15 is 0 Å². The summed E-state index contributed by atoms with van der Waals surface area (Å²) in [6.07, 6.45) is 3.32. The van der Waals surface area contributed by atoms with Crippen molar-refractivity contribution in [3.8, 4) is 34.5 Å². The minimum Gasteiger partial charge on any atom is -0.481 e. The normalized spacial score (nSPS) is 10.3. The number of anilines is 1. The molecular weight excluding hydrogens is 292 g/mol. The second-order valence-electron chi connectivity index (χ2n) is 4.86. The van der Waals surface area contributed by atoms with Gasteiger partial charge in [0, 0.05) is 36.6 Å². The van der Waals surface area contributed by atoms with E-state index in [-0.39, 0.29) is 5.82 Å². The van der Waals surface area contributed by atoms with Crippen molar-refractivity contribution in [3.63, 3.8) is 0 Å². The van der Waals surface area contributed by atoms with Crippen LogP contribution in [-0.4, -0.2) is 26.9 Å². The summed E-state index contributed by atoms with van der Waals surface area (Å²) in [6, 6.07) is 9.34. The molecule has 23 heavy (non-hydrogen) atoms. The van der Waals surface area contributed by atoms with Crippen LogP contribution in [0.25, 0.3) is 22.5 Å². The highest BCUT2D eigenvalue weighted by atomic mass is 16.5. The van der Waals surface area contributed by atoms with Gasteiger partial charge in [-0.25, -0.2) is 9.97 Å². The number of aryl methyl sites for hydroxylation is 1. The molecule has 7 nitrogen and oxygen atoms in total. The summed E-state index contributed by atoms with van der Waals surface area (Å²) in [5.74, 6) is 0.694. The SMILES string of the molecule is COc1ccc(-c2cc(-c3ccnn3C)c(C#N)c(N)n2)cn1. The van der Waals surface area contributed by atoms with Gasteiger partial charge in [-0.3, -0.25) is 4.68 Å². The van der Waals surface area contributed by atoms with Crippen molar-refractivity contribution in [1.82, 2.24) is 19.7 Å². The first-order valence-electron chi connectivity index (χ1n) is 6.83. The second kappa shape index (κ2) is 5.77. The molecule has 0 aliphatic carbocycles. The summed E-state index contributed by atoms with van der Waals surface area (Å²) in [5.41, 5.74) is 9.20. The molecule has 0 spiro atoms. The molecule has 0 aliphatic heterocycles. The van der Waals surface area contributed by atoms with Crippen LogP contribution in [0.15, 0.2) is 36.7 Å². The van der Waals surface area contributed by atoms with E-state index in [9.17, 15) is 5.26 Å². The van der Waals surface area contributed by atoms with Gasteiger partial charge in [-0.05, 0) is 18.2 Å². The Hall–Kier alpha value is -3.40. The van der Waals surface area contributed by atoms with Crippen LogP contribution in [0.3, 0.4) is 0 Å². The fourth-order valence-electron chi connectivity index (χ4n) is 2.32. The minimum atomic E-state index is 0.178. The molecule has 0 radical (unpaired) electrons. The summed E-state index contributed by atoms with van der Waals surface area (Å²) < 4.78 is 6.74. The third-order valence-electron chi connectivity index (χ3n) is 3.50. The number of pyridine rings is 2. The predicted octanol–water partition coefficient (Wildman–Crippen LogP) is 2.01. The number of nitrogen functional groups attached to an aromatic ring is 1. The van der Waals surface area contributed by atoms with Gasteiger partial charge in [-0.15, -0.1) is 0 Å². The van der Waals surface area contributed by atoms with Gasteiger partial charge in [-0.2, -0.15) is 10.4 Å². The molecule has 3 rings (SSSR count). The lowest BCUT2D eigenvalue weighted by Gasteiger charge is -2.10. The maximum absolute atomic E-state index is 9.39. The van der Waals surface area contributed by atoms with Crippen LogP contribution in [0, 0.1) is 11.3 Å². The van der Waals surface area contributed by atoms with E-state index in [0.29, 0.717) is 22.7 Å². The van der Waals surface area contributed by atoms with Gasteiger partial charge in [0.05, 0.1) is 18.5 Å². The van der Waals surface area contributed by atoms with Crippen molar-refractivity contribution in [2.75, 3.05) is 12.8 Å². The predicted molar refractivity (Wildman–Crippen MR) is 85.3 cm³/mol. The van der Waals surface area contributed by atoms with Gasteiger partial charge < -0.3 is 10.5 Å². The van der Waals surface area contributed by atoms with E-state index in [1.165, 1.54) is 0 Å². The first-order chi connectivity index (χ1) is 11.1. The number of ether oxygens (including phenoxy) is 1. The molecular formula is C16H14N6O. The summed E-state index contributed by atoms with van der Waals surface area (Å²) in [7, 11) is 3.36. The summed E-state index contributed by atoms with van der Waals surface area (Å²) >= 11 is 0. The van der Waals surface area contributed by atoms with Crippen molar-refractivity contribution in [3.05, 3.63) is 42.2 Å². The van der Waals surface area contributed by atoms with Crippen LogP contribution in [0.4, 0.5) is 5.82 Å². The first-order valence-corrected chi connectivity index (χ1v) is 6.83. The molecule has 0 bridgehead atoms. The number of nitriles is 1. The number of nitrogens with two attached hydrogens (primary N) is 1. The van der Waals surface area contributed by atoms with E-state index in [1.807, 2.05) is 25.2 Å². The first kappa shape index (κ1) is 14.5. The highest BCUT2D eigenvalue weighted by Gasteiger charge is 2.15. The molecule has 2 N–H and O–H groups in total. The molecule has 0 unspecified atom stereocenters. The Kier molecular flexibility index (Phi) is 3.65. The lowest BCUT2D eigenvalue weighted by Crippen LogP contribution is -2.02.